The molecule has 0 unspecified atom stereocenters. The van der Waals surface area contributed by atoms with E-state index in [4.69, 9.17) is 16.3 Å². The fraction of sp³-hybridized carbons (Fsp3) is 0.0769. The molecule has 0 saturated carbocycles. The monoisotopic (exact) mass is 217 g/mol. The third-order valence-corrected chi connectivity index (χ3v) is 2.20. The molecule has 0 heterocycles. The molecule has 2 aromatic carbocycles. The molecule has 0 spiro atoms. The third kappa shape index (κ3) is 3.00. The lowest BCUT2D eigenvalue weighted by Gasteiger charge is -2.05. The molecule has 1 nitrogen and oxygen atoms in total. The van der Waals surface area contributed by atoms with E-state index in [-0.39, 0.29) is 0 Å². The van der Waals surface area contributed by atoms with Crippen LogP contribution in [0.4, 0.5) is 0 Å². The van der Waals surface area contributed by atoms with E-state index in [1.807, 2.05) is 42.5 Å². The second-order valence-electron chi connectivity index (χ2n) is 3.15. The van der Waals surface area contributed by atoms with E-state index in [1.165, 1.54) is 0 Å². The van der Waals surface area contributed by atoms with Gasteiger partial charge in [0.15, 0.2) is 0 Å². The summed E-state index contributed by atoms with van der Waals surface area (Å²) in [7, 11) is 0. The zero-order valence-electron chi connectivity index (χ0n) is 8.11. The molecule has 0 saturated heterocycles. The molecule has 0 aliphatic rings. The summed E-state index contributed by atoms with van der Waals surface area (Å²) in [5.74, 6) is 0.862. The topological polar surface area (TPSA) is 9.23 Å². The van der Waals surface area contributed by atoms with Crippen molar-refractivity contribution in [1.29, 1.82) is 0 Å². The van der Waals surface area contributed by atoms with Crippen LogP contribution in [0, 0.1) is 6.07 Å². The molecule has 0 aliphatic carbocycles. The van der Waals surface area contributed by atoms with Crippen LogP contribution in [0.1, 0.15) is 5.56 Å². The Morgan fingerprint density at radius 2 is 1.93 bits per heavy atom. The van der Waals surface area contributed by atoms with Gasteiger partial charge < -0.3 is 4.74 Å². The average molecular weight is 218 g/mol. The first kappa shape index (κ1) is 10.1. The van der Waals surface area contributed by atoms with Gasteiger partial charge in [-0.25, -0.2) is 0 Å². The summed E-state index contributed by atoms with van der Waals surface area (Å²) in [4.78, 5) is 0. The molecule has 0 aliphatic heterocycles. The summed E-state index contributed by atoms with van der Waals surface area (Å²) >= 11 is 5.82. The summed E-state index contributed by atoms with van der Waals surface area (Å²) < 4.78 is 5.57. The van der Waals surface area contributed by atoms with Gasteiger partial charge in [-0.15, -0.1) is 0 Å². The molecular weight excluding hydrogens is 208 g/mol. The first-order valence-electron chi connectivity index (χ1n) is 4.68. The number of halogens is 1. The highest BCUT2D eigenvalue weighted by Crippen LogP contribution is 2.14. The van der Waals surface area contributed by atoms with Crippen molar-refractivity contribution in [1.82, 2.24) is 0 Å². The molecule has 2 aromatic rings. The van der Waals surface area contributed by atoms with Crippen molar-refractivity contribution in [3.8, 4) is 5.75 Å². The average Bonchev–Trinajstić information content (AvgIpc) is 2.28. The summed E-state index contributed by atoms with van der Waals surface area (Å²) in [6.07, 6.45) is 0. The zero-order valence-corrected chi connectivity index (χ0v) is 8.87. The van der Waals surface area contributed by atoms with Gasteiger partial charge in [-0.2, -0.15) is 0 Å². The normalized spacial score (nSPS) is 9.93. The molecule has 0 fully saturated rings. The molecule has 0 N–H and O–H groups in total. The van der Waals surface area contributed by atoms with Crippen molar-refractivity contribution in [2.24, 2.45) is 0 Å². The highest BCUT2D eigenvalue weighted by Gasteiger charge is 1.95. The van der Waals surface area contributed by atoms with Crippen LogP contribution in [0.3, 0.4) is 0 Å². The first-order valence-corrected chi connectivity index (χ1v) is 5.06. The second kappa shape index (κ2) is 4.85. The maximum atomic E-state index is 5.82. The minimum Gasteiger partial charge on any atom is -0.489 e. The number of para-hydroxylation sites is 1. The summed E-state index contributed by atoms with van der Waals surface area (Å²) in [5.41, 5.74) is 1.04. The third-order valence-electron chi connectivity index (χ3n) is 1.98. The molecule has 1 radical (unpaired) electrons. The quantitative estimate of drug-likeness (QED) is 0.762. The van der Waals surface area contributed by atoms with Crippen LogP contribution in [0.2, 0.25) is 5.02 Å². The number of benzene rings is 2. The number of ether oxygens (including phenoxy) is 1. The van der Waals surface area contributed by atoms with Gasteiger partial charge in [0.05, 0.1) is 0 Å². The van der Waals surface area contributed by atoms with Crippen LogP contribution in [0.5, 0.6) is 5.75 Å². The lowest BCUT2D eigenvalue weighted by molar-refractivity contribution is 0.306. The molecule has 2 heteroatoms. The Morgan fingerprint density at radius 3 is 2.67 bits per heavy atom. The van der Waals surface area contributed by atoms with Crippen LogP contribution >= 0.6 is 11.6 Å². The van der Waals surface area contributed by atoms with E-state index in [9.17, 15) is 0 Å². The van der Waals surface area contributed by atoms with Gasteiger partial charge in [0, 0.05) is 11.1 Å². The summed E-state index contributed by atoms with van der Waals surface area (Å²) in [5, 5.41) is 0.615. The summed E-state index contributed by atoms with van der Waals surface area (Å²) in [6.45, 7) is 0.526. The van der Waals surface area contributed by atoms with E-state index < -0.39 is 0 Å². The Balaban J connectivity index is 1.99. The van der Waals surface area contributed by atoms with Gasteiger partial charge in [0.1, 0.15) is 12.4 Å². The highest BCUT2D eigenvalue weighted by molar-refractivity contribution is 6.30. The van der Waals surface area contributed by atoms with Crippen LogP contribution in [-0.2, 0) is 6.61 Å². The standard InChI is InChI=1S/C13H10ClO/c14-12-6-4-5-11(9-12)10-15-13-7-2-1-3-8-13/h1-5,7-9H,10H2. The Bertz CT molecular complexity index is 426. The van der Waals surface area contributed by atoms with E-state index in [1.54, 1.807) is 6.07 Å². The molecule has 0 aromatic heterocycles. The molecular formula is C13H10ClO. The van der Waals surface area contributed by atoms with Crippen LogP contribution in [-0.4, -0.2) is 0 Å². The zero-order chi connectivity index (χ0) is 10.5. The van der Waals surface area contributed by atoms with Gasteiger partial charge in [-0.1, -0.05) is 41.9 Å². The Labute approximate surface area is 94.3 Å². The Kier molecular flexibility index (Phi) is 3.25. The Morgan fingerprint density at radius 1 is 1.13 bits per heavy atom. The van der Waals surface area contributed by atoms with E-state index in [0.717, 1.165) is 11.3 Å². The summed E-state index contributed by atoms with van der Waals surface area (Å²) in [6, 6.07) is 18.2. The van der Waals surface area contributed by atoms with Crippen molar-refractivity contribution in [3.63, 3.8) is 0 Å². The van der Waals surface area contributed by atoms with Crippen molar-refractivity contribution in [2.45, 2.75) is 6.61 Å². The van der Waals surface area contributed by atoms with Gasteiger partial charge in [0.25, 0.3) is 0 Å². The van der Waals surface area contributed by atoms with Crippen molar-refractivity contribution >= 4 is 11.6 Å². The van der Waals surface area contributed by atoms with Gasteiger partial charge in [-0.3, -0.25) is 0 Å². The van der Waals surface area contributed by atoms with Crippen molar-refractivity contribution < 1.29 is 4.74 Å². The highest BCUT2D eigenvalue weighted by atomic mass is 35.5. The van der Waals surface area contributed by atoms with Crippen molar-refractivity contribution in [3.05, 3.63) is 65.2 Å². The van der Waals surface area contributed by atoms with Gasteiger partial charge >= 0.3 is 0 Å². The molecule has 0 atom stereocenters. The van der Waals surface area contributed by atoms with Crippen molar-refractivity contribution in [2.75, 3.05) is 0 Å². The predicted octanol–water partition coefficient (Wildman–Crippen LogP) is 3.72. The van der Waals surface area contributed by atoms with E-state index in [0.29, 0.717) is 11.6 Å². The largest absolute Gasteiger partial charge is 0.489 e. The number of hydrogen-bond acceptors (Lipinski definition) is 1. The Hall–Kier alpha value is -1.47. The van der Waals surface area contributed by atoms with Crippen LogP contribution in [0.15, 0.2) is 48.5 Å². The maximum Gasteiger partial charge on any atom is 0.119 e. The molecule has 75 valence electrons. The SMILES string of the molecule is Clc1[c]ccc(COc2ccccc2)c1. The fourth-order valence-electron chi connectivity index (χ4n) is 1.25. The maximum absolute atomic E-state index is 5.82. The second-order valence-corrected chi connectivity index (χ2v) is 3.55. The number of rotatable bonds is 3. The van der Waals surface area contributed by atoms with E-state index in [2.05, 4.69) is 6.07 Å². The minimum absolute atomic E-state index is 0.526. The fourth-order valence-corrected chi connectivity index (χ4v) is 1.46. The number of hydrogen-bond donors (Lipinski definition) is 0. The van der Waals surface area contributed by atoms with Crippen LogP contribution in [0.25, 0.3) is 0 Å². The molecule has 0 bridgehead atoms. The van der Waals surface area contributed by atoms with Gasteiger partial charge in [0.2, 0.25) is 0 Å². The molecule has 0 amide bonds. The first-order chi connectivity index (χ1) is 7.34. The lowest BCUT2D eigenvalue weighted by Crippen LogP contribution is -1.94. The predicted molar refractivity (Wildman–Crippen MR) is 61.1 cm³/mol. The van der Waals surface area contributed by atoms with Gasteiger partial charge in [-0.05, 0) is 23.8 Å². The smallest absolute Gasteiger partial charge is 0.119 e. The van der Waals surface area contributed by atoms with Crippen LogP contribution < -0.4 is 4.74 Å². The lowest BCUT2D eigenvalue weighted by atomic mass is 10.2. The molecule has 2 rings (SSSR count). The minimum atomic E-state index is 0.526. The molecule has 15 heavy (non-hydrogen) atoms. The van der Waals surface area contributed by atoms with E-state index >= 15 is 0 Å².